The first-order chi connectivity index (χ1) is 18.8. The van der Waals surface area contributed by atoms with Gasteiger partial charge >= 0.3 is 11.9 Å². The van der Waals surface area contributed by atoms with Gasteiger partial charge in [-0.3, -0.25) is 14.9 Å². The van der Waals surface area contributed by atoms with Crippen molar-refractivity contribution in [1.82, 2.24) is 30.2 Å². The number of methoxy groups -OCH3 is 1. The van der Waals surface area contributed by atoms with Gasteiger partial charge in [-0.1, -0.05) is 17.9 Å². The van der Waals surface area contributed by atoms with Gasteiger partial charge < -0.3 is 19.9 Å². The number of nitroso groups, excluding NO2 is 1. The molecular weight excluding hydrogens is 500 g/mol. The molecule has 5 rings (SSSR count). The quantitative estimate of drug-likeness (QED) is 0.194. The second kappa shape index (κ2) is 10.6. The van der Waals surface area contributed by atoms with Crippen molar-refractivity contribution in [3.63, 3.8) is 0 Å². The van der Waals surface area contributed by atoms with E-state index in [-0.39, 0.29) is 19.0 Å². The minimum absolute atomic E-state index is 0.123. The molecule has 0 aromatic heterocycles. The predicted molar refractivity (Wildman–Crippen MR) is 144 cm³/mol. The lowest BCUT2D eigenvalue weighted by molar-refractivity contribution is -0.122. The largest absolute Gasteiger partial charge is 0.497 e. The van der Waals surface area contributed by atoms with Crippen LogP contribution in [0.25, 0.3) is 0 Å². The highest BCUT2D eigenvalue weighted by Gasteiger charge is 2.48. The van der Waals surface area contributed by atoms with Crippen LogP contribution in [0.4, 0.5) is 4.79 Å². The lowest BCUT2D eigenvalue weighted by Crippen LogP contribution is -2.54. The van der Waals surface area contributed by atoms with E-state index >= 15 is 0 Å². The molecule has 1 atom stereocenters. The van der Waals surface area contributed by atoms with Crippen LogP contribution in [0.15, 0.2) is 42.5 Å². The zero-order chi connectivity index (χ0) is 27.6. The maximum absolute atomic E-state index is 13.1. The summed E-state index contributed by atoms with van der Waals surface area (Å²) in [5.74, 6) is 5.92. The molecule has 0 radical (unpaired) electrons. The van der Waals surface area contributed by atoms with Gasteiger partial charge in [-0.15, -0.1) is 0 Å². The minimum Gasteiger partial charge on any atom is -0.497 e. The van der Waals surface area contributed by atoms with E-state index in [9.17, 15) is 19.3 Å². The van der Waals surface area contributed by atoms with E-state index in [1.165, 1.54) is 12.0 Å². The summed E-state index contributed by atoms with van der Waals surface area (Å²) in [5, 5.41) is 4.85. The molecule has 0 saturated carbocycles. The summed E-state index contributed by atoms with van der Waals surface area (Å²) in [5.41, 5.74) is 0.934. The number of carbonyl (C=O) groups excluding carboxylic acids is 3. The number of nitrogens with zero attached hydrogens (tertiary/aromatic N) is 4. The smallest absolute Gasteiger partial charge is 0.435 e. The van der Waals surface area contributed by atoms with E-state index in [2.05, 4.69) is 39.3 Å². The van der Waals surface area contributed by atoms with E-state index < -0.39 is 17.5 Å². The van der Waals surface area contributed by atoms with Gasteiger partial charge in [0.2, 0.25) is 5.54 Å². The Labute approximate surface area is 225 Å². The van der Waals surface area contributed by atoms with Crippen molar-refractivity contribution < 1.29 is 19.1 Å². The number of imide groups is 1. The SMILES string of the molecule is COc1ccc2c(c1)C(=O)N(CC1(C#Cc3ccc(C(=[N+]=O)N4CCCN(C)CC4)cc3)NC(=O)NC1=O)C2. The second-order valence-corrected chi connectivity index (χ2v) is 9.88. The normalized spacial score (nSPS) is 20.8. The number of likely N-dealkylation sites (N-methyl/N-ethyl adjacent to an activating group) is 1. The zero-order valence-corrected chi connectivity index (χ0v) is 21.8. The molecule has 39 heavy (non-hydrogen) atoms. The van der Waals surface area contributed by atoms with Gasteiger partial charge in [0.1, 0.15) is 5.75 Å². The Morgan fingerprint density at radius 2 is 1.87 bits per heavy atom. The topological polar surface area (TPSA) is 125 Å². The standard InChI is InChI=1S/C28H28N6O5/c1-32-12-3-13-33(15-14-32)24(31-38)20-6-4-19(5-7-20)10-11-28(26(36)29-27(37)30-28)18-34-17-21-8-9-22(39-2)16-23(21)25(34)35/h4-9,16H,3,12-15,17-18H2,1-2H3,(H-,29,30,36,37)/p+1. The highest BCUT2D eigenvalue weighted by Crippen LogP contribution is 2.28. The number of hydrogen-bond donors (Lipinski definition) is 2. The van der Waals surface area contributed by atoms with Crippen LogP contribution in [0.2, 0.25) is 0 Å². The molecule has 3 aliphatic rings. The number of nitrogens with one attached hydrogen (secondary N) is 2. The molecule has 2 N–H and O–H groups in total. The number of benzene rings is 2. The Morgan fingerprint density at radius 3 is 2.56 bits per heavy atom. The van der Waals surface area contributed by atoms with Gasteiger partial charge in [-0.25, -0.2) is 9.69 Å². The van der Waals surface area contributed by atoms with E-state index in [0.717, 1.165) is 31.6 Å². The molecule has 3 aliphatic heterocycles. The summed E-state index contributed by atoms with van der Waals surface area (Å²) in [4.78, 5) is 58.8. The third-order valence-corrected chi connectivity index (χ3v) is 7.23. The molecule has 4 amide bonds. The van der Waals surface area contributed by atoms with Crippen LogP contribution in [-0.4, -0.2) is 90.8 Å². The molecule has 0 aliphatic carbocycles. The minimum atomic E-state index is -1.61. The van der Waals surface area contributed by atoms with Crippen molar-refractivity contribution in [3.8, 4) is 17.6 Å². The third kappa shape index (κ3) is 5.21. The van der Waals surface area contributed by atoms with Crippen molar-refractivity contribution in [2.75, 3.05) is 46.9 Å². The van der Waals surface area contributed by atoms with Crippen LogP contribution in [0.5, 0.6) is 5.75 Å². The van der Waals surface area contributed by atoms with Crippen LogP contribution < -0.4 is 20.2 Å². The maximum Gasteiger partial charge on any atom is 0.435 e. The average Bonchev–Trinajstić information content (AvgIpc) is 3.28. The Hall–Kier alpha value is -4.65. The van der Waals surface area contributed by atoms with E-state index in [0.29, 0.717) is 34.8 Å². The van der Waals surface area contributed by atoms with Crippen LogP contribution in [-0.2, 0) is 11.3 Å². The number of hydrogen-bond acceptors (Lipinski definition) is 6. The number of urea groups is 1. The van der Waals surface area contributed by atoms with Gasteiger partial charge in [0.15, 0.2) is 0 Å². The molecule has 2 saturated heterocycles. The fourth-order valence-corrected chi connectivity index (χ4v) is 5.04. The molecule has 2 aromatic rings. The monoisotopic (exact) mass is 529 g/mol. The van der Waals surface area contributed by atoms with Crippen molar-refractivity contribution in [3.05, 3.63) is 69.6 Å². The zero-order valence-electron chi connectivity index (χ0n) is 21.8. The third-order valence-electron chi connectivity index (χ3n) is 7.23. The van der Waals surface area contributed by atoms with Gasteiger partial charge in [-0.05, 0) is 55.4 Å². The molecule has 0 spiro atoms. The van der Waals surface area contributed by atoms with Crippen molar-refractivity contribution >= 4 is 23.7 Å². The van der Waals surface area contributed by atoms with E-state index in [4.69, 9.17) is 4.74 Å². The molecule has 2 aromatic carbocycles. The lowest BCUT2D eigenvalue weighted by Gasteiger charge is -2.26. The van der Waals surface area contributed by atoms with Crippen LogP contribution in [0.1, 0.15) is 33.5 Å². The maximum atomic E-state index is 13.1. The fraction of sp³-hybridized carbons (Fsp3) is 0.357. The number of amides is 4. The molecule has 3 heterocycles. The van der Waals surface area contributed by atoms with E-state index in [1.54, 1.807) is 36.4 Å². The summed E-state index contributed by atoms with van der Waals surface area (Å²) < 4.78 is 5.23. The Morgan fingerprint density at radius 1 is 1.08 bits per heavy atom. The Bertz CT molecular complexity index is 1440. The lowest BCUT2D eigenvalue weighted by atomic mass is 9.99. The molecule has 0 bridgehead atoms. The number of carbonyl (C=O) groups is 3. The molecule has 2 fully saturated rings. The Balaban J connectivity index is 1.36. The number of rotatable bonds is 4. The number of fused-ring (bicyclic) bond motifs is 1. The Kier molecular flexibility index (Phi) is 7.07. The second-order valence-electron chi connectivity index (χ2n) is 9.88. The van der Waals surface area contributed by atoms with Crippen LogP contribution >= 0.6 is 0 Å². The molecule has 1 unspecified atom stereocenters. The first-order valence-corrected chi connectivity index (χ1v) is 12.7. The van der Waals surface area contributed by atoms with Gasteiger partial charge in [0.25, 0.3) is 11.8 Å². The average molecular weight is 530 g/mol. The van der Waals surface area contributed by atoms with Crippen molar-refractivity contribution in [2.45, 2.75) is 18.5 Å². The van der Waals surface area contributed by atoms with Crippen LogP contribution in [0.3, 0.4) is 0 Å². The van der Waals surface area contributed by atoms with Gasteiger partial charge in [-0.2, -0.15) is 0 Å². The molecule has 11 nitrogen and oxygen atoms in total. The molecular formula is C28H29N6O5+. The molecule has 11 heteroatoms. The summed E-state index contributed by atoms with van der Waals surface area (Å²) in [7, 11) is 3.58. The highest BCUT2D eigenvalue weighted by molar-refractivity contribution is 6.10. The summed E-state index contributed by atoms with van der Waals surface area (Å²) >= 11 is 0. The van der Waals surface area contributed by atoms with Crippen molar-refractivity contribution in [1.29, 1.82) is 0 Å². The highest BCUT2D eigenvalue weighted by atomic mass is 16.5. The fourth-order valence-electron chi connectivity index (χ4n) is 5.04. The number of ether oxygens (including phenoxy) is 1. The van der Waals surface area contributed by atoms with Gasteiger partial charge in [0, 0.05) is 35.7 Å². The number of amidine groups is 1. The summed E-state index contributed by atoms with van der Waals surface area (Å²) in [6.45, 7) is 3.42. The first kappa shape index (κ1) is 26.0. The predicted octanol–water partition coefficient (Wildman–Crippen LogP) is 0.499. The molecule has 200 valence electrons. The first-order valence-electron chi connectivity index (χ1n) is 12.7. The van der Waals surface area contributed by atoms with E-state index in [1.807, 2.05) is 11.0 Å². The summed E-state index contributed by atoms with van der Waals surface area (Å²) in [6, 6.07) is 11.6. The summed E-state index contributed by atoms with van der Waals surface area (Å²) in [6.07, 6.45) is 0.938. The van der Waals surface area contributed by atoms with Gasteiger partial charge in [0.05, 0.1) is 37.2 Å². The van der Waals surface area contributed by atoms with Crippen molar-refractivity contribution in [2.24, 2.45) is 0 Å². The van der Waals surface area contributed by atoms with Crippen LogP contribution in [0, 0.1) is 16.7 Å².